The first-order valence-corrected chi connectivity index (χ1v) is 11.6. The molecule has 0 bridgehead atoms. The lowest BCUT2D eigenvalue weighted by atomic mass is 9.96. The van der Waals surface area contributed by atoms with Crippen LogP contribution in [0.5, 0.6) is 0 Å². The number of hydrogen-bond acceptors (Lipinski definition) is 4. The van der Waals surface area contributed by atoms with Gasteiger partial charge in [-0.3, -0.25) is 4.79 Å². The highest BCUT2D eigenvalue weighted by atomic mass is 32.2. The summed E-state index contributed by atoms with van der Waals surface area (Å²) >= 11 is 0. The molecule has 1 fully saturated rings. The number of benzene rings is 1. The molecule has 0 spiro atoms. The minimum absolute atomic E-state index is 0.0409. The van der Waals surface area contributed by atoms with Gasteiger partial charge in [0.15, 0.2) is 0 Å². The van der Waals surface area contributed by atoms with Crippen molar-refractivity contribution in [1.29, 1.82) is 5.26 Å². The quantitative estimate of drug-likeness (QED) is 0.731. The van der Waals surface area contributed by atoms with Crippen LogP contribution in [0.15, 0.2) is 23.1 Å². The predicted octanol–water partition coefficient (Wildman–Crippen LogP) is 2.58. The monoisotopic (exact) mass is 403 g/mol. The number of aryl methyl sites for hydroxylation is 2. The summed E-state index contributed by atoms with van der Waals surface area (Å²) in [5.41, 5.74) is 2.41. The molecule has 0 N–H and O–H groups in total. The van der Waals surface area contributed by atoms with Gasteiger partial charge in [0.2, 0.25) is 15.9 Å². The molecule has 3 rings (SSSR count). The van der Waals surface area contributed by atoms with Crippen molar-refractivity contribution in [2.24, 2.45) is 11.8 Å². The Hall–Kier alpha value is -1.91. The Balaban J connectivity index is 1.64. The molecule has 28 heavy (non-hydrogen) atoms. The van der Waals surface area contributed by atoms with E-state index in [1.54, 1.807) is 11.0 Å². The van der Waals surface area contributed by atoms with E-state index in [9.17, 15) is 13.2 Å². The summed E-state index contributed by atoms with van der Waals surface area (Å²) in [5, 5.41) is 9.00. The predicted molar refractivity (Wildman–Crippen MR) is 107 cm³/mol. The summed E-state index contributed by atoms with van der Waals surface area (Å²) in [7, 11) is -3.52. The fourth-order valence-electron chi connectivity index (χ4n) is 4.21. The van der Waals surface area contributed by atoms with Crippen LogP contribution in [0.1, 0.15) is 44.2 Å². The summed E-state index contributed by atoms with van der Waals surface area (Å²) < 4.78 is 27.6. The molecular weight excluding hydrogens is 374 g/mol. The van der Waals surface area contributed by atoms with Crippen LogP contribution in [0.25, 0.3) is 0 Å². The van der Waals surface area contributed by atoms with Crippen molar-refractivity contribution in [3.05, 3.63) is 29.3 Å². The van der Waals surface area contributed by atoms with Crippen LogP contribution in [0.4, 0.5) is 0 Å². The molecule has 7 heteroatoms. The van der Waals surface area contributed by atoms with Gasteiger partial charge in [-0.05, 0) is 69.2 Å². The molecule has 1 saturated heterocycles. The van der Waals surface area contributed by atoms with E-state index in [1.165, 1.54) is 9.87 Å². The van der Waals surface area contributed by atoms with Crippen molar-refractivity contribution in [3.63, 3.8) is 0 Å². The zero-order chi connectivity index (χ0) is 20.3. The highest BCUT2D eigenvalue weighted by Crippen LogP contribution is 2.29. The lowest BCUT2D eigenvalue weighted by Crippen LogP contribution is -2.45. The van der Waals surface area contributed by atoms with Crippen molar-refractivity contribution in [2.45, 2.75) is 50.8 Å². The summed E-state index contributed by atoms with van der Waals surface area (Å²) in [6.07, 6.45) is 4.12. The van der Waals surface area contributed by atoms with E-state index in [4.69, 9.17) is 5.26 Å². The second-order valence-corrected chi connectivity index (χ2v) is 9.81. The third-order valence-electron chi connectivity index (χ3n) is 5.92. The topological polar surface area (TPSA) is 81.5 Å². The van der Waals surface area contributed by atoms with Gasteiger partial charge in [0.05, 0.1) is 16.9 Å². The van der Waals surface area contributed by atoms with E-state index in [0.29, 0.717) is 43.9 Å². The maximum atomic E-state index is 13.0. The van der Waals surface area contributed by atoms with E-state index >= 15 is 0 Å². The number of fused-ring (bicyclic) bond motifs is 1. The number of hydrogen-bond donors (Lipinski definition) is 0. The molecule has 1 aromatic rings. The number of carbonyl (C=O) groups excluding carboxylic acids is 1. The fourth-order valence-corrected chi connectivity index (χ4v) is 5.73. The highest BCUT2D eigenvalue weighted by molar-refractivity contribution is 7.89. The van der Waals surface area contributed by atoms with E-state index in [2.05, 4.69) is 6.07 Å². The molecule has 1 atom stereocenters. The highest BCUT2D eigenvalue weighted by Gasteiger charge is 2.34. The van der Waals surface area contributed by atoms with Crippen molar-refractivity contribution in [2.75, 3.05) is 26.2 Å². The van der Waals surface area contributed by atoms with Crippen LogP contribution < -0.4 is 0 Å². The van der Waals surface area contributed by atoms with Gasteiger partial charge in [0.25, 0.3) is 0 Å². The van der Waals surface area contributed by atoms with Crippen LogP contribution in [-0.2, 0) is 27.7 Å². The molecule has 0 aromatic heterocycles. The molecule has 1 aliphatic carbocycles. The summed E-state index contributed by atoms with van der Waals surface area (Å²) in [5.74, 6) is -0.333. The van der Waals surface area contributed by atoms with Crippen LogP contribution in [0, 0.1) is 23.2 Å². The smallest absolute Gasteiger partial charge is 0.243 e. The van der Waals surface area contributed by atoms with Gasteiger partial charge in [-0.15, -0.1) is 0 Å². The molecule has 0 saturated carbocycles. The Morgan fingerprint density at radius 1 is 1.29 bits per heavy atom. The SMILES string of the molecule is CCN(CC(C)C#N)C(=O)C1CCN(S(=O)(=O)c2ccc3c(c2)CCC3)CC1. The van der Waals surface area contributed by atoms with E-state index in [-0.39, 0.29) is 17.7 Å². The lowest BCUT2D eigenvalue weighted by molar-refractivity contribution is -0.136. The van der Waals surface area contributed by atoms with Gasteiger partial charge in [-0.25, -0.2) is 8.42 Å². The van der Waals surface area contributed by atoms with Crippen LogP contribution in [0.2, 0.25) is 0 Å². The van der Waals surface area contributed by atoms with Crippen molar-refractivity contribution < 1.29 is 13.2 Å². The molecule has 1 amide bonds. The molecule has 6 nitrogen and oxygen atoms in total. The number of nitrogens with zero attached hydrogens (tertiary/aromatic N) is 3. The van der Waals surface area contributed by atoms with Crippen molar-refractivity contribution in [1.82, 2.24) is 9.21 Å². The van der Waals surface area contributed by atoms with Crippen molar-refractivity contribution >= 4 is 15.9 Å². The third-order valence-corrected chi connectivity index (χ3v) is 7.81. The Morgan fingerprint density at radius 3 is 2.61 bits per heavy atom. The summed E-state index contributed by atoms with van der Waals surface area (Å²) in [6, 6.07) is 7.67. The lowest BCUT2D eigenvalue weighted by Gasteiger charge is -2.33. The molecular formula is C21H29N3O3S. The van der Waals surface area contributed by atoms with Crippen LogP contribution in [-0.4, -0.2) is 49.7 Å². The first-order valence-electron chi connectivity index (χ1n) is 10.2. The molecule has 2 aliphatic rings. The average Bonchev–Trinajstić information content (AvgIpc) is 3.19. The molecule has 152 valence electrons. The van der Waals surface area contributed by atoms with Gasteiger partial charge >= 0.3 is 0 Å². The second kappa shape index (κ2) is 8.62. The number of nitriles is 1. The summed E-state index contributed by atoms with van der Waals surface area (Å²) in [6.45, 7) is 5.44. The standard InChI is InChI=1S/C21H29N3O3S/c1-3-23(15-16(2)14-22)21(25)18-9-11-24(12-10-18)28(26,27)20-8-7-17-5-4-6-19(17)13-20/h7-8,13,16,18H,3-6,9-12,15H2,1-2H3. The Kier molecular flexibility index (Phi) is 6.41. The van der Waals surface area contributed by atoms with Gasteiger partial charge in [-0.1, -0.05) is 6.07 Å². The first-order chi connectivity index (χ1) is 13.4. The first kappa shape index (κ1) is 20.8. The van der Waals surface area contributed by atoms with E-state index in [1.807, 2.05) is 26.0 Å². The molecule has 1 unspecified atom stereocenters. The van der Waals surface area contributed by atoms with Gasteiger partial charge in [0.1, 0.15) is 0 Å². The number of carbonyl (C=O) groups is 1. The molecule has 0 radical (unpaired) electrons. The van der Waals surface area contributed by atoms with Crippen LogP contribution in [0.3, 0.4) is 0 Å². The minimum atomic E-state index is -3.52. The fraction of sp³-hybridized carbons (Fsp3) is 0.619. The number of amides is 1. The van der Waals surface area contributed by atoms with E-state index in [0.717, 1.165) is 24.8 Å². The Morgan fingerprint density at radius 2 is 1.96 bits per heavy atom. The molecule has 1 aromatic carbocycles. The Labute approximate surface area is 168 Å². The largest absolute Gasteiger partial charge is 0.341 e. The second-order valence-electron chi connectivity index (χ2n) is 7.87. The zero-order valence-corrected chi connectivity index (χ0v) is 17.5. The maximum Gasteiger partial charge on any atom is 0.243 e. The van der Waals surface area contributed by atoms with E-state index < -0.39 is 10.0 Å². The number of rotatable bonds is 6. The molecule has 1 heterocycles. The summed E-state index contributed by atoms with van der Waals surface area (Å²) in [4.78, 5) is 14.9. The number of piperidine rings is 1. The van der Waals surface area contributed by atoms with Gasteiger partial charge in [0, 0.05) is 32.1 Å². The maximum absolute atomic E-state index is 13.0. The van der Waals surface area contributed by atoms with Gasteiger partial charge in [-0.2, -0.15) is 9.57 Å². The molecule has 1 aliphatic heterocycles. The van der Waals surface area contributed by atoms with Crippen molar-refractivity contribution in [3.8, 4) is 6.07 Å². The normalized spacial score (nSPS) is 19.0. The van der Waals surface area contributed by atoms with Crippen LogP contribution >= 0.6 is 0 Å². The Bertz CT molecular complexity index is 867. The zero-order valence-electron chi connectivity index (χ0n) is 16.7. The average molecular weight is 404 g/mol. The minimum Gasteiger partial charge on any atom is -0.341 e. The van der Waals surface area contributed by atoms with Gasteiger partial charge < -0.3 is 4.90 Å². The third kappa shape index (κ3) is 4.23. The number of sulfonamides is 1.